The SMILES string of the molecule is O=C(O)c1ccc(NCCOCC(F)(F)F)nn1. The predicted octanol–water partition coefficient (Wildman–Crippen LogP) is 1.17. The third-order valence-electron chi connectivity index (χ3n) is 1.70. The van der Waals surface area contributed by atoms with Crippen molar-refractivity contribution >= 4 is 11.8 Å². The second-order valence-electron chi connectivity index (χ2n) is 3.20. The Bertz CT molecular complexity index is 394. The number of carboxylic acid groups (broad SMARTS) is 1. The average Bonchev–Trinajstić information content (AvgIpc) is 2.27. The number of nitrogens with one attached hydrogen (secondary N) is 1. The smallest absolute Gasteiger partial charge is 0.411 e. The maximum atomic E-state index is 11.7. The van der Waals surface area contributed by atoms with Gasteiger partial charge in [-0.2, -0.15) is 13.2 Å². The maximum Gasteiger partial charge on any atom is 0.411 e. The van der Waals surface area contributed by atoms with Crippen molar-refractivity contribution in [3.05, 3.63) is 17.8 Å². The van der Waals surface area contributed by atoms with Crippen molar-refractivity contribution in [1.82, 2.24) is 10.2 Å². The van der Waals surface area contributed by atoms with Crippen LogP contribution in [-0.2, 0) is 4.74 Å². The van der Waals surface area contributed by atoms with Gasteiger partial charge in [-0.1, -0.05) is 0 Å². The molecule has 0 unspecified atom stereocenters. The van der Waals surface area contributed by atoms with E-state index in [1.165, 1.54) is 12.1 Å². The number of alkyl halides is 3. The zero-order valence-corrected chi connectivity index (χ0v) is 9.07. The van der Waals surface area contributed by atoms with Gasteiger partial charge in [0.05, 0.1) is 6.61 Å². The number of aromatic carboxylic acids is 1. The molecule has 1 rings (SSSR count). The lowest BCUT2D eigenvalue weighted by atomic mass is 10.4. The number of carboxylic acids is 1. The highest BCUT2D eigenvalue weighted by atomic mass is 19.4. The third-order valence-corrected chi connectivity index (χ3v) is 1.70. The van der Waals surface area contributed by atoms with E-state index < -0.39 is 18.8 Å². The molecule has 0 aliphatic rings. The molecule has 9 heteroatoms. The van der Waals surface area contributed by atoms with Gasteiger partial charge in [-0.05, 0) is 12.1 Å². The normalized spacial score (nSPS) is 11.3. The molecule has 2 N–H and O–H groups in total. The first-order valence-electron chi connectivity index (χ1n) is 4.84. The first kappa shape index (κ1) is 14.2. The lowest BCUT2D eigenvalue weighted by molar-refractivity contribution is -0.172. The quantitative estimate of drug-likeness (QED) is 0.751. The van der Waals surface area contributed by atoms with E-state index in [0.717, 1.165) is 0 Å². The fourth-order valence-electron chi connectivity index (χ4n) is 0.980. The third kappa shape index (κ3) is 5.43. The Balaban J connectivity index is 2.25. The highest BCUT2D eigenvalue weighted by molar-refractivity contribution is 5.85. The maximum absolute atomic E-state index is 11.7. The summed E-state index contributed by atoms with van der Waals surface area (Å²) >= 11 is 0. The lowest BCUT2D eigenvalue weighted by Crippen LogP contribution is -2.20. The van der Waals surface area contributed by atoms with E-state index in [1.54, 1.807) is 0 Å². The fraction of sp³-hybridized carbons (Fsp3) is 0.444. The number of ether oxygens (including phenoxy) is 1. The van der Waals surface area contributed by atoms with Crippen LogP contribution in [0.4, 0.5) is 19.0 Å². The summed E-state index contributed by atoms with van der Waals surface area (Å²) in [5.41, 5.74) is -0.214. The van der Waals surface area contributed by atoms with Crippen LogP contribution in [0.5, 0.6) is 0 Å². The Morgan fingerprint density at radius 1 is 1.39 bits per heavy atom. The molecular weight excluding hydrogens is 255 g/mol. The number of rotatable bonds is 6. The summed E-state index contributed by atoms with van der Waals surface area (Å²) in [6.07, 6.45) is -4.34. The molecule has 0 saturated carbocycles. The fourth-order valence-corrected chi connectivity index (χ4v) is 0.980. The zero-order chi connectivity index (χ0) is 13.6. The minimum atomic E-state index is -4.34. The van der Waals surface area contributed by atoms with Gasteiger partial charge < -0.3 is 15.2 Å². The molecule has 1 heterocycles. The van der Waals surface area contributed by atoms with Gasteiger partial charge >= 0.3 is 12.1 Å². The summed E-state index contributed by atoms with van der Waals surface area (Å²) in [6, 6.07) is 2.59. The Hall–Kier alpha value is -1.90. The number of halogens is 3. The molecule has 0 spiro atoms. The molecular formula is C9H10F3N3O3. The topological polar surface area (TPSA) is 84.3 Å². The summed E-state index contributed by atoms with van der Waals surface area (Å²) in [7, 11) is 0. The number of aromatic nitrogens is 2. The Morgan fingerprint density at radius 3 is 2.61 bits per heavy atom. The monoisotopic (exact) mass is 265 g/mol. The average molecular weight is 265 g/mol. The second kappa shape index (κ2) is 6.15. The van der Waals surface area contributed by atoms with Crippen LogP contribution in [0.25, 0.3) is 0 Å². The summed E-state index contributed by atoms with van der Waals surface area (Å²) in [6.45, 7) is -1.35. The van der Waals surface area contributed by atoms with Gasteiger partial charge in [-0.25, -0.2) is 4.79 Å². The molecule has 0 bridgehead atoms. The minimum absolute atomic E-state index is 0.108. The standard InChI is InChI=1S/C9H10F3N3O3/c10-9(11,12)5-18-4-3-13-7-2-1-6(8(16)17)14-15-7/h1-2H,3-5H2,(H,13,15)(H,16,17). The zero-order valence-electron chi connectivity index (χ0n) is 9.07. The molecule has 6 nitrogen and oxygen atoms in total. The molecule has 1 aromatic rings. The molecule has 100 valence electrons. The molecule has 0 fully saturated rings. The van der Waals surface area contributed by atoms with Crippen LogP contribution in [0.3, 0.4) is 0 Å². The molecule has 0 amide bonds. The predicted molar refractivity (Wildman–Crippen MR) is 54.4 cm³/mol. The number of hydrogen-bond acceptors (Lipinski definition) is 5. The van der Waals surface area contributed by atoms with Crippen LogP contribution in [0, 0.1) is 0 Å². The van der Waals surface area contributed by atoms with Gasteiger partial charge in [0.1, 0.15) is 12.4 Å². The first-order valence-corrected chi connectivity index (χ1v) is 4.84. The molecule has 1 aromatic heterocycles. The van der Waals surface area contributed by atoms with Crippen molar-refractivity contribution in [2.24, 2.45) is 0 Å². The van der Waals surface area contributed by atoms with Crippen LogP contribution in [0.1, 0.15) is 10.5 Å². The Morgan fingerprint density at radius 2 is 2.11 bits per heavy atom. The van der Waals surface area contributed by atoms with Gasteiger partial charge in [0.25, 0.3) is 0 Å². The summed E-state index contributed by atoms with van der Waals surface area (Å²) in [5, 5.41) is 18.1. The van der Waals surface area contributed by atoms with Crippen molar-refractivity contribution in [1.29, 1.82) is 0 Å². The number of carbonyl (C=O) groups is 1. The van der Waals surface area contributed by atoms with Gasteiger partial charge in [-0.3, -0.25) is 0 Å². The minimum Gasteiger partial charge on any atom is -0.476 e. The van der Waals surface area contributed by atoms with Gasteiger partial charge in [0.15, 0.2) is 5.69 Å². The van der Waals surface area contributed by atoms with Crippen LogP contribution in [-0.4, -0.2) is 47.2 Å². The summed E-state index contributed by atoms with van der Waals surface area (Å²) < 4.78 is 39.5. The molecule has 0 aliphatic heterocycles. The van der Waals surface area contributed by atoms with E-state index in [2.05, 4.69) is 20.3 Å². The van der Waals surface area contributed by atoms with Crippen molar-refractivity contribution in [3.63, 3.8) is 0 Å². The van der Waals surface area contributed by atoms with E-state index in [-0.39, 0.29) is 24.7 Å². The van der Waals surface area contributed by atoms with E-state index >= 15 is 0 Å². The number of nitrogens with zero attached hydrogens (tertiary/aromatic N) is 2. The Labute approximate surface area is 99.8 Å². The van der Waals surface area contributed by atoms with Crippen molar-refractivity contribution in [2.75, 3.05) is 25.1 Å². The second-order valence-corrected chi connectivity index (χ2v) is 3.20. The van der Waals surface area contributed by atoms with E-state index in [1.807, 2.05) is 0 Å². The Kier molecular flexibility index (Phi) is 4.84. The van der Waals surface area contributed by atoms with E-state index in [0.29, 0.717) is 0 Å². The van der Waals surface area contributed by atoms with Gasteiger partial charge in [0, 0.05) is 6.54 Å². The number of hydrogen-bond donors (Lipinski definition) is 2. The summed E-state index contributed by atoms with van der Waals surface area (Å²) in [4.78, 5) is 10.5. The van der Waals surface area contributed by atoms with Crippen molar-refractivity contribution < 1.29 is 27.8 Å². The van der Waals surface area contributed by atoms with Crippen molar-refractivity contribution in [3.8, 4) is 0 Å². The van der Waals surface area contributed by atoms with E-state index in [4.69, 9.17) is 5.11 Å². The van der Waals surface area contributed by atoms with Gasteiger partial charge in [0.2, 0.25) is 0 Å². The molecule has 0 atom stereocenters. The highest BCUT2D eigenvalue weighted by Crippen LogP contribution is 2.14. The van der Waals surface area contributed by atoms with Crippen LogP contribution in [0.2, 0.25) is 0 Å². The van der Waals surface area contributed by atoms with Crippen molar-refractivity contribution in [2.45, 2.75) is 6.18 Å². The van der Waals surface area contributed by atoms with Crippen LogP contribution >= 0.6 is 0 Å². The largest absolute Gasteiger partial charge is 0.476 e. The molecule has 0 aliphatic carbocycles. The highest BCUT2D eigenvalue weighted by Gasteiger charge is 2.27. The molecule has 18 heavy (non-hydrogen) atoms. The first-order chi connectivity index (χ1) is 8.38. The summed E-state index contributed by atoms with van der Waals surface area (Å²) in [5.74, 6) is -0.946. The molecule has 0 radical (unpaired) electrons. The van der Waals surface area contributed by atoms with E-state index in [9.17, 15) is 18.0 Å². The molecule has 0 aromatic carbocycles. The number of anilines is 1. The van der Waals surface area contributed by atoms with Gasteiger partial charge in [-0.15, -0.1) is 10.2 Å². The molecule has 0 saturated heterocycles. The van der Waals surface area contributed by atoms with Crippen LogP contribution in [0.15, 0.2) is 12.1 Å². The lowest BCUT2D eigenvalue weighted by Gasteiger charge is -2.08. The van der Waals surface area contributed by atoms with Crippen LogP contribution < -0.4 is 5.32 Å².